The summed E-state index contributed by atoms with van der Waals surface area (Å²) >= 11 is 0. The molecule has 0 radical (unpaired) electrons. The quantitative estimate of drug-likeness (QED) is 0.872. The van der Waals surface area contributed by atoms with Crippen molar-refractivity contribution in [1.82, 2.24) is 14.4 Å². The highest BCUT2D eigenvalue weighted by Crippen LogP contribution is 2.53. The first-order valence-electron chi connectivity index (χ1n) is 8.31. The zero-order valence-corrected chi connectivity index (χ0v) is 13.8. The van der Waals surface area contributed by atoms with Crippen molar-refractivity contribution in [1.29, 1.82) is 0 Å². The van der Waals surface area contributed by atoms with E-state index in [1.807, 2.05) is 12.1 Å². The van der Waals surface area contributed by atoms with Crippen molar-refractivity contribution in [3.05, 3.63) is 59.4 Å². The van der Waals surface area contributed by atoms with Crippen molar-refractivity contribution in [2.24, 2.45) is 0 Å². The molecule has 1 fully saturated rings. The molecule has 23 heavy (non-hydrogen) atoms. The predicted octanol–water partition coefficient (Wildman–Crippen LogP) is 2.69. The average molecular weight is 309 g/mol. The van der Waals surface area contributed by atoms with Gasteiger partial charge < -0.3 is 9.47 Å². The van der Waals surface area contributed by atoms with Crippen LogP contribution in [0.25, 0.3) is 0 Å². The second kappa shape index (κ2) is 5.24. The Morgan fingerprint density at radius 1 is 1.13 bits per heavy atom. The molecule has 1 aliphatic heterocycles. The SMILES string of the molecule is CN(C)C(=O)c1ccc(CN2CCn3cccc3C23CC3)cc1. The first-order valence-corrected chi connectivity index (χ1v) is 8.31. The second-order valence-corrected chi connectivity index (χ2v) is 6.94. The minimum atomic E-state index is 0.0611. The van der Waals surface area contributed by atoms with Gasteiger partial charge in [0.1, 0.15) is 0 Å². The largest absolute Gasteiger partial charge is 0.348 e. The molecule has 2 heterocycles. The van der Waals surface area contributed by atoms with E-state index in [-0.39, 0.29) is 11.4 Å². The van der Waals surface area contributed by atoms with Crippen LogP contribution in [0.5, 0.6) is 0 Å². The predicted molar refractivity (Wildman–Crippen MR) is 90.2 cm³/mol. The van der Waals surface area contributed by atoms with Gasteiger partial charge in [0.2, 0.25) is 0 Å². The van der Waals surface area contributed by atoms with Crippen LogP contribution in [0.4, 0.5) is 0 Å². The number of benzene rings is 1. The minimum Gasteiger partial charge on any atom is -0.348 e. The Morgan fingerprint density at radius 2 is 1.87 bits per heavy atom. The molecule has 2 aromatic rings. The van der Waals surface area contributed by atoms with Gasteiger partial charge in [0.15, 0.2) is 0 Å². The van der Waals surface area contributed by atoms with Gasteiger partial charge in [-0.05, 0) is 42.7 Å². The van der Waals surface area contributed by atoms with Gasteiger partial charge in [0.05, 0.1) is 5.54 Å². The van der Waals surface area contributed by atoms with E-state index in [2.05, 4.69) is 39.9 Å². The van der Waals surface area contributed by atoms with Gasteiger partial charge in [0.25, 0.3) is 5.91 Å². The van der Waals surface area contributed by atoms with E-state index in [4.69, 9.17) is 0 Å². The summed E-state index contributed by atoms with van der Waals surface area (Å²) in [6.45, 7) is 3.13. The van der Waals surface area contributed by atoms with E-state index in [0.717, 1.165) is 25.2 Å². The molecule has 120 valence electrons. The third-order valence-electron chi connectivity index (χ3n) is 5.23. The van der Waals surface area contributed by atoms with Gasteiger partial charge in [-0.2, -0.15) is 0 Å². The van der Waals surface area contributed by atoms with Crippen LogP contribution in [-0.2, 0) is 18.6 Å². The van der Waals surface area contributed by atoms with Crippen LogP contribution in [0.1, 0.15) is 34.5 Å². The van der Waals surface area contributed by atoms with Crippen LogP contribution in [0, 0.1) is 0 Å². The summed E-state index contributed by atoms with van der Waals surface area (Å²) in [6, 6.07) is 12.5. The molecule has 1 aliphatic carbocycles. The topological polar surface area (TPSA) is 28.5 Å². The van der Waals surface area contributed by atoms with Gasteiger partial charge in [0, 0.05) is 51.2 Å². The molecule has 1 saturated carbocycles. The molecule has 1 aromatic heterocycles. The fraction of sp³-hybridized carbons (Fsp3) is 0.421. The van der Waals surface area contributed by atoms with E-state index in [1.165, 1.54) is 24.1 Å². The Kier molecular flexibility index (Phi) is 3.31. The molecule has 0 saturated heterocycles. The van der Waals surface area contributed by atoms with Crippen molar-refractivity contribution in [2.45, 2.75) is 31.5 Å². The number of hydrogen-bond acceptors (Lipinski definition) is 2. The first kappa shape index (κ1) is 14.5. The lowest BCUT2D eigenvalue weighted by molar-refractivity contribution is 0.0827. The highest BCUT2D eigenvalue weighted by Gasteiger charge is 2.52. The lowest BCUT2D eigenvalue weighted by Gasteiger charge is -2.37. The lowest BCUT2D eigenvalue weighted by Crippen LogP contribution is -2.42. The summed E-state index contributed by atoms with van der Waals surface area (Å²) in [4.78, 5) is 16.2. The zero-order chi connectivity index (χ0) is 16.0. The van der Waals surface area contributed by atoms with Crippen molar-refractivity contribution in [3.8, 4) is 0 Å². The average Bonchev–Trinajstić information content (AvgIpc) is 3.18. The maximum Gasteiger partial charge on any atom is 0.253 e. The molecular weight excluding hydrogens is 286 g/mol. The molecule has 0 unspecified atom stereocenters. The summed E-state index contributed by atoms with van der Waals surface area (Å²) in [5.41, 5.74) is 3.78. The normalized spacial score (nSPS) is 18.7. The van der Waals surface area contributed by atoms with Crippen LogP contribution in [0.15, 0.2) is 42.6 Å². The molecule has 4 nitrogen and oxygen atoms in total. The van der Waals surface area contributed by atoms with Crippen molar-refractivity contribution in [3.63, 3.8) is 0 Å². The number of nitrogens with zero attached hydrogens (tertiary/aromatic N) is 3. The summed E-state index contributed by atoms with van der Waals surface area (Å²) in [7, 11) is 3.58. The number of amides is 1. The lowest BCUT2D eigenvalue weighted by atomic mass is 10.0. The van der Waals surface area contributed by atoms with E-state index in [0.29, 0.717) is 0 Å². The highest BCUT2D eigenvalue weighted by atomic mass is 16.2. The summed E-state index contributed by atoms with van der Waals surface area (Å²) in [5.74, 6) is 0.0611. The minimum absolute atomic E-state index is 0.0611. The Bertz CT molecular complexity index is 725. The van der Waals surface area contributed by atoms with Crippen molar-refractivity contribution >= 4 is 5.91 Å². The smallest absolute Gasteiger partial charge is 0.253 e. The van der Waals surface area contributed by atoms with E-state index < -0.39 is 0 Å². The fourth-order valence-electron chi connectivity index (χ4n) is 3.79. The zero-order valence-electron chi connectivity index (χ0n) is 13.8. The highest BCUT2D eigenvalue weighted by molar-refractivity contribution is 5.93. The van der Waals surface area contributed by atoms with Crippen molar-refractivity contribution < 1.29 is 4.79 Å². The number of carbonyl (C=O) groups excluding carboxylic acids is 1. The Balaban J connectivity index is 1.52. The molecule has 1 spiro atoms. The van der Waals surface area contributed by atoms with Gasteiger partial charge in [-0.25, -0.2) is 0 Å². The first-order chi connectivity index (χ1) is 11.1. The van der Waals surface area contributed by atoms with E-state index in [9.17, 15) is 4.79 Å². The Hall–Kier alpha value is -2.07. The molecule has 4 rings (SSSR count). The number of carbonyl (C=O) groups is 1. The fourth-order valence-corrected chi connectivity index (χ4v) is 3.79. The summed E-state index contributed by atoms with van der Waals surface area (Å²) in [6.07, 6.45) is 4.72. The number of fused-ring (bicyclic) bond motifs is 2. The van der Waals surface area contributed by atoms with Gasteiger partial charge in [-0.3, -0.25) is 9.69 Å². The molecule has 1 amide bonds. The molecule has 0 N–H and O–H groups in total. The number of rotatable bonds is 3. The summed E-state index contributed by atoms with van der Waals surface area (Å²) in [5, 5.41) is 0. The number of hydrogen-bond donors (Lipinski definition) is 0. The van der Waals surface area contributed by atoms with Gasteiger partial charge in [-0.15, -0.1) is 0 Å². The number of aromatic nitrogens is 1. The third kappa shape index (κ3) is 2.38. The van der Waals surface area contributed by atoms with Crippen LogP contribution in [0.2, 0.25) is 0 Å². The maximum atomic E-state index is 12.0. The molecule has 0 atom stereocenters. The monoisotopic (exact) mass is 309 g/mol. The third-order valence-corrected chi connectivity index (χ3v) is 5.23. The van der Waals surface area contributed by atoms with Crippen molar-refractivity contribution in [2.75, 3.05) is 20.6 Å². The summed E-state index contributed by atoms with van der Waals surface area (Å²) < 4.78 is 2.41. The molecule has 1 aromatic carbocycles. The van der Waals surface area contributed by atoms with Crippen LogP contribution >= 0.6 is 0 Å². The molecule has 4 heteroatoms. The van der Waals surface area contributed by atoms with Crippen LogP contribution < -0.4 is 0 Å². The van der Waals surface area contributed by atoms with Crippen LogP contribution in [-0.4, -0.2) is 40.9 Å². The van der Waals surface area contributed by atoms with E-state index >= 15 is 0 Å². The molecule has 2 aliphatic rings. The Morgan fingerprint density at radius 3 is 2.52 bits per heavy atom. The standard InChI is InChI=1S/C19H23N3O/c1-20(2)18(23)16-7-5-15(6-8-16)14-22-13-12-21-11-3-4-17(21)19(22)9-10-19/h3-8,11H,9-10,12-14H2,1-2H3. The second-order valence-electron chi connectivity index (χ2n) is 6.94. The van der Waals surface area contributed by atoms with E-state index in [1.54, 1.807) is 19.0 Å². The molecule has 0 bridgehead atoms. The van der Waals surface area contributed by atoms with Gasteiger partial charge in [-0.1, -0.05) is 12.1 Å². The van der Waals surface area contributed by atoms with Crippen LogP contribution in [0.3, 0.4) is 0 Å². The Labute approximate surface area is 137 Å². The van der Waals surface area contributed by atoms with Gasteiger partial charge >= 0.3 is 0 Å². The molecular formula is C19H23N3O. The maximum absolute atomic E-state index is 12.0.